The highest BCUT2D eigenvalue weighted by Gasteiger charge is 2.29. The molecule has 5 heteroatoms. The molecule has 1 heterocycles. The van der Waals surface area contributed by atoms with E-state index in [2.05, 4.69) is 6.92 Å². The SMILES string of the molecule is CCCCCN1CCCN(C)S1(=O)=O. The molecule has 0 aromatic rings. The molecule has 0 saturated carbocycles. The van der Waals surface area contributed by atoms with Crippen molar-refractivity contribution in [3.05, 3.63) is 0 Å². The van der Waals surface area contributed by atoms with E-state index in [9.17, 15) is 8.42 Å². The smallest absolute Gasteiger partial charge is 0.195 e. The predicted molar refractivity (Wildman–Crippen MR) is 57.3 cm³/mol. The molecule has 0 N–H and O–H groups in total. The van der Waals surface area contributed by atoms with Gasteiger partial charge in [0.05, 0.1) is 0 Å². The standard InChI is InChI=1S/C9H20N2O2S/c1-3-4-5-8-11-9-6-7-10(2)14(11,12)13/h3-9H2,1-2H3. The van der Waals surface area contributed by atoms with Crippen molar-refractivity contribution < 1.29 is 8.42 Å². The summed E-state index contributed by atoms with van der Waals surface area (Å²) in [5.74, 6) is 0. The zero-order valence-corrected chi connectivity index (χ0v) is 9.89. The van der Waals surface area contributed by atoms with E-state index in [1.165, 1.54) is 4.31 Å². The summed E-state index contributed by atoms with van der Waals surface area (Å²) in [4.78, 5) is 0. The zero-order valence-electron chi connectivity index (χ0n) is 9.07. The lowest BCUT2D eigenvalue weighted by Gasteiger charge is -2.32. The molecule has 0 bridgehead atoms. The van der Waals surface area contributed by atoms with Crippen molar-refractivity contribution in [3.8, 4) is 0 Å². The summed E-state index contributed by atoms with van der Waals surface area (Å²) in [5, 5.41) is 0. The Balaban J connectivity index is 2.50. The molecule has 0 spiro atoms. The number of nitrogens with zero attached hydrogens (tertiary/aromatic N) is 2. The summed E-state index contributed by atoms with van der Waals surface area (Å²) in [6, 6.07) is 0. The van der Waals surface area contributed by atoms with Gasteiger partial charge in [0.2, 0.25) is 0 Å². The number of hydrogen-bond acceptors (Lipinski definition) is 2. The van der Waals surface area contributed by atoms with Crippen molar-refractivity contribution in [2.24, 2.45) is 0 Å². The first kappa shape index (κ1) is 11.9. The van der Waals surface area contributed by atoms with E-state index in [0.717, 1.165) is 25.7 Å². The fourth-order valence-electron chi connectivity index (χ4n) is 1.66. The summed E-state index contributed by atoms with van der Waals surface area (Å²) in [5.41, 5.74) is 0. The molecule has 0 amide bonds. The van der Waals surface area contributed by atoms with Crippen LogP contribution in [0.3, 0.4) is 0 Å². The van der Waals surface area contributed by atoms with Gasteiger partial charge in [-0.2, -0.15) is 17.0 Å². The minimum atomic E-state index is -3.12. The third-order valence-corrected chi connectivity index (χ3v) is 4.60. The van der Waals surface area contributed by atoms with E-state index in [1.54, 1.807) is 11.4 Å². The maximum atomic E-state index is 11.8. The van der Waals surface area contributed by atoms with Crippen LogP contribution in [-0.2, 0) is 10.2 Å². The van der Waals surface area contributed by atoms with Gasteiger partial charge in [0.15, 0.2) is 0 Å². The third kappa shape index (κ3) is 2.68. The Hall–Kier alpha value is -0.130. The third-order valence-electron chi connectivity index (χ3n) is 2.61. The lowest BCUT2D eigenvalue weighted by atomic mass is 10.2. The van der Waals surface area contributed by atoms with Gasteiger partial charge in [-0.15, -0.1) is 0 Å². The minimum Gasteiger partial charge on any atom is -0.195 e. The fourth-order valence-corrected chi connectivity index (χ4v) is 3.14. The zero-order chi connectivity index (χ0) is 10.6. The molecular formula is C9H20N2O2S. The molecular weight excluding hydrogens is 200 g/mol. The Morgan fingerprint density at radius 3 is 2.57 bits per heavy atom. The van der Waals surface area contributed by atoms with E-state index in [4.69, 9.17) is 0 Å². The van der Waals surface area contributed by atoms with Crippen molar-refractivity contribution >= 4 is 10.2 Å². The van der Waals surface area contributed by atoms with Crippen LogP contribution in [0, 0.1) is 0 Å². The van der Waals surface area contributed by atoms with E-state index in [0.29, 0.717) is 19.6 Å². The number of hydrogen-bond donors (Lipinski definition) is 0. The van der Waals surface area contributed by atoms with Crippen LogP contribution in [0.5, 0.6) is 0 Å². The molecule has 0 aromatic heterocycles. The molecule has 0 aromatic carbocycles. The Bertz CT molecular complexity index is 264. The second kappa shape index (κ2) is 5.09. The molecule has 1 fully saturated rings. The van der Waals surface area contributed by atoms with Crippen LogP contribution >= 0.6 is 0 Å². The molecule has 4 nitrogen and oxygen atoms in total. The van der Waals surface area contributed by atoms with E-state index >= 15 is 0 Å². The van der Waals surface area contributed by atoms with Crippen LogP contribution in [0.4, 0.5) is 0 Å². The van der Waals surface area contributed by atoms with Crippen LogP contribution in [0.2, 0.25) is 0 Å². The van der Waals surface area contributed by atoms with Crippen LogP contribution in [0.25, 0.3) is 0 Å². The monoisotopic (exact) mass is 220 g/mol. The van der Waals surface area contributed by atoms with Crippen molar-refractivity contribution in [2.45, 2.75) is 32.6 Å². The highest BCUT2D eigenvalue weighted by molar-refractivity contribution is 7.86. The highest BCUT2D eigenvalue weighted by atomic mass is 32.2. The Morgan fingerprint density at radius 2 is 1.93 bits per heavy atom. The Labute approximate surface area is 87.1 Å². The molecule has 1 aliphatic rings. The number of rotatable bonds is 4. The lowest BCUT2D eigenvalue weighted by Crippen LogP contribution is -2.47. The molecule has 0 unspecified atom stereocenters. The van der Waals surface area contributed by atoms with Gasteiger partial charge in [-0.3, -0.25) is 0 Å². The average Bonchev–Trinajstić information content (AvgIpc) is 2.13. The van der Waals surface area contributed by atoms with E-state index < -0.39 is 10.2 Å². The molecule has 0 atom stereocenters. The Kier molecular flexibility index (Phi) is 4.34. The van der Waals surface area contributed by atoms with Crippen molar-refractivity contribution in [2.75, 3.05) is 26.7 Å². The normalized spacial score (nSPS) is 23.9. The van der Waals surface area contributed by atoms with Gasteiger partial charge in [0.1, 0.15) is 0 Å². The lowest BCUT2D eigenvalue weighted by molar-refractivity contribution is 0.303. The second-order valence-electron chi connectivity index (χ2n) is 3.79. The summed E-state index contributed by atoms with van der Waals surface area (Å²) in [6.45, 7) is 4.15. The first-order chi connectivity index (χ1) is 6.59. The molecule has 0 radical (unpaired) electrons. The second-order valence-corrected chi connectivity index (χ2v) is 5.82. The van der Waals surface area contributed by atoms with Gasteiger partial charge in [0.25, 0.3) is 10.2 Å². The largest absolute Gasteiger partial charge is 0.281 e. The average molecular weight is 220 g/mol. The maximum absolute atomic E-state index is 11.8. The first-order valence-electron chi connectivity index (χ1n) is 5.30. The van der Waals surface area contributed by atoms with Crippen LogP contribution in [-0.4, -0.2) is 43.7 Å². The summed E-state index contributed by atoms with van der Waals surface area (Å²) in [7, 11) is -1.46. The van der Waals surface area contributed by atoms with Crippen molar-refractivity contribution in [1.29, 1.82) is 0 Å². The van der Waals surface area contributed by atoms with Crippen molar-refractivity contribution in [3.63, 3.8) is 0 Å². The fraction of sp³-hybridized carbons (Fsp3) is 1.00. The van der Waals surface area contributed by atoms with E-state index in [1.807, 2.05) is 0 Å². The first-order valence-corrected chi connectivity index (χ1v) is 6.70. The van der Waals surface area contributed by atoms with Crippen LogP contribution < -0.4 is 0 Å². The predicted octanol–water partition coefficient (Wildman–Crippen LogP) is 1.06. The molecule has 1 aliphatic heterocycles. The van der Waals surface area contributed by atoms with Gasteiger partial charge in [-0.1, -0.05) is 19.8 Å². The quantitative estimate of drug-likeness (QED) is 0.665. The van der Waals surface area contributed by atoms with E-state index in [-0.39, 0.29) is 0 Å². The topological polar surface area (TPSA) is 40.6 Å². The van der Waals surface area contributed by atoms with Crippen LogP contribution in [0.1, 0.15) is 32.6 Å². The van der Waals surface area contributed by atoms with Gasteiger partial charge in [-0.05, 0) is 12.8 Å². The summed E-state index contributed by atoms with van der Waals surface area (Å²) < 4.78 is 26.6. The molecule has 1 rings (SSSR count). The highest BCUT2D eigenvalue weighted by Crippen LogP contribution is 2.14. The molecule has 1 saturated heterocycles. The van der Waals surface area contributed by atoms with Crippen molar-refractivity contribution in [1.82, 2.24) is 8.61 Å². The van der Waals surface area contributed by atoms with Gasteiger partial charge >= 0.3 is 0 Å². The van der Waals surface area contributed by atoms with Gasteiger partial charge in [-0.25, -0.2) is 0 Å². The van der Waals surface area contributed by atoms with Gasteiger partial charge in [0, 0.05) is 26.7 Å². The molecule has 0 aliphatic carbocycles. The van der Waals surface area contributed by atoms with Crippen LogP contribution in [0.15, 0.2) is 0 Å². The summed E-state index contributed by atoms with van der Waals surface area (Å²) >= 11 is 0. The van der Waals surface area contributed by atoms with Gasteiger partial charge < -0.3 is 0 Å². The molecule has 14 heavy (non-hydrogen) atoms. The molecule has 84 valence electrons. The summed E-state index contributed by atoms with van der Waals surface area (Å²) in [6.07, 6.45) is 4.16. The minimum absolute atomic E-state index is 0.659. The number of unbranched alkanes of at least 4 members (excludes halogenated alkanes) is 2. The Morgan fingerprint density at radius 1 is 1.21 bits per heavy atom. The maximum Gasteiger partial charge on any atom is 0.281 e.